The molecule has 0 unspecified atom stereocenters. The van der Waals surface area contributed by atoms with E-state index in [9.17, 15) is 0 Å². The molecule has 78 valence electrons. The third kappa shape index (κ3) is 1.71. The number of aryl methyl sites for hydroxylation is 2. The van der Waals surface area contributed by atoms with Gasteiger partial charge in [-0.15, -0.1) is 0 Å². The van der Waals surface area contributed by atoms with Crippen molar-refractivity contribution in [3.63, 3.8) is 0 Å². The number of imidazole rings is 1. The lowest BCUT2D eigenvalue weighted by Crippen LogP contribution is -2.07. The van der Waals surface area contributed by atoms with E-state index in [1.54, 1.807) is 0 Å². The molecule has 0 spiro atoms. The maximum Gasteiger partial charge on any atom is 0.215 e. The van der Waals surface area contributed by atoms with Crippen molar-refractivity contribution in [3.8, 4) is 11.3 Å². The smallest absolute Gasteiger partial charge is 0.215 e. The van der Waals surface area contributed by atoms with Gasteiger partial charge in [0.1, 0.15) is 0 Å². The van der Waals surface area contributed by atoms with Crippen molar-refractivity contribution in [1.82, 2.24) is 9.97 Å². The van der Waals surface area contributed by atoms with Crippen LogP contribution in [0.5, 0.6) is 0 Å². The van der Waals surface area contributed by atoms with E-state index >= 15 is 0 Å². The molecule has 1 aromatic carbocycles. The van der Waals surface area contributed by atoms with Crippen LogP contribution >= 0.6 is 0 Å². The molecule has 0 amide bonds. The summed E-state index contributed by atoms with van der Waals surface area (Å²) < 4.78 is 0. The summed E-state index contributed by atoms with van der Waals surface area (Å²) in [6.45, 7) is 4.05. The molecule has 15 heavy (non-hydrogen) atoms. The minimum atomic E-state index is 0.589. The van der Waals surface area contributed by atoms with E-state index in [0.29, 0.717) is 5.95 Å². The molecule has 0 atom stereocenters. The Bertz CT molecular complexity index is 473. The molecule has 1 aromatic heterocycles. The highest BCUT2D eigenvalue weighted by atomic mass is 15.3. The normalized spacial score (nSPS) is 10.3. The topological polar surface area (TPSA) is 66.7 Å². The molecule has 0 fully saturated rings. The predicted octanol–water partition coefficient (Wildman–Crippen LogP) is 1.98. The van der Waals surface area contributed by atoms with Gasteiger partial charge >= 0.3 is 0 Å². The van der Waals surface area contributed by atoms with Crippen LogP contribution in [0.25, 0.3) is 11.3 Å². The monoisotopic (exact) mass is 202 g/mol. The highest BCUT2D eigenvalue weighted by Crippen LogP contribution is 2.25. The highest BCUT2D eigenvalue weighted by molar-refractivity contribution is 5.67. The molecule has 0 saturated heterocycles. The summed E-state index contributed by atoms with van der Waals surface area (Å²) >= 11 is 0. The second-order valence-electron chi connectivity index (χ2n) is 3.52. The van der Waals surface area contributed by atoms with Gasteiger partial charge < -0.3 is 4.98 Å². The number of hydrazine groups is 1. The molecule has 4 nitrogen and oxygen atoms in total. The molecule has 0 saturated carbocycles. The van der Waals surface area contributed by atoms with E-state index in [4.69, 9.17) is 5.84 Å². The highest BCUT2D eigenvalue weighted by Gasteiger charge is 2.09. The van der Waals surface area contributed by atoms with Crippen molar-refractivity contribution in [3.05, 3.63) is 35.5 Å². The van der Waals surface area contributed by atoms with Crippen LogP contribution in [-0.4, -0.2) is 9.97 Å². The summed E-state index contributed by atoms with van der Waals surface area (Å²) in [7, 11) is 0. The number of aromatic nitrogens is 2. The first kappa shape index (κ1) is 9.73. The standard InChI is InChI=1S/C11H14N4/c1-7-5-3-4-6-9(7)10-8(2)13-11(14-10)15-12/h3-6H,12H2,1-2H3,(H2,13,14,15). The van der Waals surface area contributed by atoms with Crippen molar-refractivity contribution in [2.45, 2.75) is 13.8 Å². The molecule has 4 N–H and O–H groups in total. The molecule has 2 aromatic rings. The molecule has 1 heterocycles. The van der Waals surface area contributed by atoms with E-state index in [1.165, 1.54) is 5.56 Å². The first-order valence-corrected chi connectivity index (χ1v) is 4.81. The van der Waals surface area contributed by atoms with Gasteiger partial charge in [-0.2, -0.15) is 0 Å². The number of rotatable bonds is 2. The summed E-state index contributed by atoms with van der Waals surface area (Å²) in [5, 5.41) is 0. The second-order valence-corrected chi connectivity index (χ2v) is 3.52. The Morgan fingerprint density at radius 1 is 1.27 bits per heavy atom. The Balaban J connectivity index is 2.54. The number of anilines is 1. The van der Waals surface area contributed by atoms with Crippen molar-refractivity contribution in [2.24, 2.45) is 5.84 Å². The molecular weight excluding hydrogens is 188 g/mol. The quantitative estimate of drug-likeness (QED) is 0.515. The Morgan fingerprint density at radius 2 is 2.00 bits per heavy atom. The lowest BCUT2D eigenvalue weighted by atomic mass is 10.1. The Morgan fingerprint density at radius 3 is 2.60 bits per heavy atom. The van der Waals surface area contributed by atoms with Gasteiger partial charge in [0, 0.05) is 11.3 Å². The molecule has 0 radical (unpaired) electrons. The zero-order valence-corrected chi connectivity index (χ0v) is 8.83. The van der Waals surface area contributed by atoms with E-state index in [1.807, 2.05) is 19.1 Å². The SMILES string of the molecule is Cc1ccccc1-c1nc(NN)[nH]c1C. The van der Waals surface area contributed by atoms with Gasteiger partial charge in [0.25, 0.3) is 0 Å². The van der Waals surface area contributed by atoms with Gasteiger partial charge in [0.15, 0.2) is 0 Å². The van der Waals surface area contributed by atoms with Crippen LogP contribution in [0.2, 0.25) is 0 Å². The summed E-state index contributed by atoms with van der Waals surface area (Å²) in [6.07, 6.45) is 0. The number of hydrogen-bond donors (Lipinski definition) is 3. The van der Waals surface area contributed by atoms with Crippen LogP contribution in [0.3, 0.4) is 0 Å². The van der Waals surface area contributed by atoms with Crippen molar-refractivity contribution >= 4 is 5.95 Å². The number of benzene rings is 1. The van der Waals surface area contributed by atoms with Crippen molar-refractivity contribution < 1.29 is 0 Å². The first-order valence-electron chi connectivity index (χ1n) is 4.81. The van der Waals surface area contributed by atoms with Gasteiger partial charge in [-0.25, -0.2) is 10.8 Å². The van der Waals surface area contributed by atoms with Crippen LogP contribution < -0.4 is 11.3 Å². The van der Waals surface area contributed by atoms with E-state index in [-0.39, 0.29) is 0 Å². The fourth-order valence-electron chi connectivity index (χ4n) is 1.63. The molecule has 0 bridgehead atoms. The average molecular weight is 202 g/mol. The van der Waals surface area contributed by atoms with Crippen LogP contribution in [0, 0.1) is 13.8 Å². The van der Waals surface area contributed by atoms with Crippen molar-refractivity contribution in [2.75, 3.05) is 5.43 Å². The van der Waals surface area contributed by atoms with Gasteiger partial charge in [0.2, 0.25) is 5.95 Å². The minimum Gasteiger partial charge on any atom is -0.327 e. The van der Waals surface area contributed by atoms with Crippen LogP contribution in [0.15, 0.2) is 24.3 Å². The fraction of sp³-hybridized carbons (Fsp3) is 0.182. The predicted molar refractivity (Wildman–Crippen MR) is 61.3 cm³/mol. The lowest BCUT2D eigenvalue weighted by Gasteiger charge is -2.02. The number of aromatic amines is 1. The summed E-state index contributed by atoms with van der Waals surface area (Å²) in [5.41, 5.74) is 6.80. The summed E-state index contributed by atoms with van der Waals surface area (Å²) in [6, 6.07) is 8.15. The van der Waals surface area contributed by atoms with Gasteiger partial charge in [-0.1, -0.05) is 24.3 Å². The maximum absolute atomic E-state index is 5.30. The molecule has 4 heteroatoms. The van der Waals surface area contributed by atoms with E-state index in [2.05, 4.69) is 34.5 Å². The molecule has 0 aliphatic rings. The van der Waals surface area contributed by atoms with E-state index in [0.717, 1.165) is 17.0 Å². The number of nitrogens with two attached hydrogens (primary N) is 1. The third-order valence-electron chi connectivity index (χ3n) is 2.42. The average Bonchev–Trinajstić information content (AvgIpc) is 2.60. The number of nitrogens with zero attached hydrogens (tertiary/aromatic N) is 1. The van der Waals surface area contributed by atoms with Crippen LogP contribution in [-0.2, 0) is 0 Å². The summed E-state index contributed by atoms with van der Waals surface area (Å²) in [5.74, 6) is 5.89. The summed E-state index contributed by atoms with van der Waals surface area (Å²) in [4.78, 5) is 7.44. The molecular formula is C11H14N4. The Labute approximate surface area is 88.5 Å². The fourth-order valence-corrected chi connectivity index (χ4v) is 1.63. The van der Waals surface area contributed by atoms with Gasteiger partial charge in [0.05, 0.1) is 5.69 Å². The van der Waals surface area contributed by atoms with Gasteiger partial charge in [-0.3, -0.25) is 5.43 Å². The Kier molecular flexibility index (Phi) is 2.43. The van der Waals surface area contributed by atoms with Crippen molar-refractivity contribution in [1.29, 1.82) is 0 Å². The zero-order valence-electron chi connectivity index (χ0n) is 8.83. The minimum absolute atomic E-state index is 0.589. The molecule has 2 rings (SSSR count). The maximum atomic E-state index is 5.30. The Hall–Kier alpha value is -1.81. The van der Waals surface area contributed by atoms with E-state index < -0.39 is 0 Å². The molecule has 0 aliphatic heterocycles. The first-order chi connectivity index (χ1) is 7.22. The zero-order chi connectivity index (χ0) is 10.8. The number of H-pyrrole nitrogens is 1. The lowest BCUT2D eigenvalue weighted by molar-refractivity contribution is 1.18. The van der Waals surface area contributed by atoms with Gasteiger partial charge in [-0.05, 0) is 19.4 Å². The number of nitrogens with one attached hydrogen (secondary N) is 2. The number of nitrogen functional groups attached to an aromatic ring is 1. The third-order valence-corrected chi connectivity index (χ3v) is 2.42. The second kappa shape index (κ2) is 3.74. The largest absolute Gasteiger partial charge is 0.327 e. The van der Waals surface area contributed by atoms with Crippen LogP contribution in [0.1, 0.15) is 11.3 Å². The number of hydrogen-bond acceptors (Lipinski definition) is 3. The van der Waals surface area contributed by atoms with Crippen LogP contribution in [0.4, 0.5) is 5.95 Å². The molecule has 0 aliphatic carbocycles.